The molecule has 2 rings (SSSR count). The molecule has 0 heterocycles. The minimum absolute atomic E-state index is 0.183. The van der Waals surface area contributed by atoms with E-state index in [4.69, 9.17) is 10.5 Å². The van der Waals surface area contributed by atoms with Crippen LogP contribution in [0, 0.1) is 5.92 Å². The summed E-state index contributed by atoms with van der Waals surface area (Å²) in [5, 5.41) is 0. The van der Waals surface area contributed by atoms with E-state index in [1.807, 2.05) is 6.92 Å². The van der Waals surface area contributed by atoms with Crippen molar-refractivity contribution in [3.05, 3.63) is 35.4 Å². The molecule has 1 saturated carbocycles. The molecule has 1 unspecified atom stereocenters. The van der Waals surface area contributed by atoms with Crippen LogP contribution in [-0.4, -0.2) is 19.1 Å². The third kappa shape index (κ3) is 3.33. The van der Waals surface area contributed by atoms with Gasteiger partial charge in [0.25, 0.3) is 0 Å². The van der Waals surface area contributed by atoms with Gasteiger partial charge in [-0.3, -0.25) is 4.79 Å². The third-order valence-corrected chi connectivity index (χ3v) is 3.39. The average Bonchev–Trinajstić information content (AvgIpc) is 3.21. The van der Waals surface area contributed by atoms with Crippen LogP contribution in [-0.2, 0) is 16.0 Å². The summed E-state index contributed by atoms with van der Waals surface area (Å²) in [6.07, 6.45) is 3.26. The molecule has 18 heavy (non-hydrogen) atoms. The standard InChI is InChI=1S/C15H21NO2/c1-2-18-15(17)14(10-16)9-11-4-3-5-13(8-11)12-6-7-12/h3-5,8,12,14H,2,6-7,9-10,16H2,1H3. The largest absolute Gasteiger partial charge is 0.466 e. The SMILES string of the molecule is CCOC(=O)C(CN)Cc1cccc(C2CC2)c1. The Kier molecular flexibility index (Phi) is 4.37. The quantitative estimate of drug-likeness (QED) is 0.784. The lowest BCUT2D eigenvalue weighted by Crippen LogP contribution is -2.27. The van der Waals surface area contributed by atoms with Crippen molar-refractivity contribution in [3.63, 3.8) is 0 Å². The van der Waals surface area contributed by atoms with Gasteiger partial charge in [-0.1, -0.05) is 24.3 Å². The smallest absolute Gasteiger partial charge is 0.310 e. The Balaban J connectivity index is 2.01. The molecular weight excluding hydrogens is 226 g/mol. The first-order valence-electron chi connectivity index (χ1n) is 6.70. The first kappa shape index (κ1) is 13.1. The van der Waals surface area contributed by atoms with Gasteiger partial charge in [0.2, 0.25) is 0 Å². The van der Waals surface area contributed by atoms with Crippen LogP contribution in [0.1, 0.15) is 36.8 Å². The summed E-state index contributed by atoms with van der Waals surface area (Å²) in [5.74, 6) is 0.333. The molecule has 1 aliphatic carbocycles. The molecular formula is C15H21NO2. The zero-order chi connectivity index (χ0) is 13.0. The number of esters is 1. The van der Waals surface area contributed by atoms with Gasteiger partial charge >= 0.3 is 5.97 Å². The minimum atomic E-state index is -0.223. The van der Waals surface area contributed by atoms with Crippen LogP contribution in [0.4, 0.5) is 0 Å². The summed E-state index contributed by atoms with van der Waals surface area (Å²) in [4.78, 5) is 11.7. The second-order valence-electron chi connectivity index (χ2n) is 4.91. The van der Waals surface area contributed by atoms with Gasteiger partial charge in [-0.25, -0.2) is 0 Å². The zero-order valence-corrected chi connectivity index (χ0v) is 10.9. The van der Waals surface area contributed by atoms with Gasteiger partial charge in [0.1, 0.15) is 0 Å². The molecule has 1 aromatic carbocycles. The number of rotatable bonds is 6. The topological polar surface area (TPSA) is 52.3 Å². The van der Waals surface area contributed by atoms with E-state index in [1.165, 1.54) is 24.0 Å². The van der Waals surface area contributed by atoms with Crippen molar-refractivity contribution in [1.29, 1.82) is 0 Å². The third-order valence-electron chi connectivity index (χ3n) is 3.39. The fourth-order valence-corrected chi connectivity index (χ4v) is 2.20. The lowest BCUT2D eigenvalue weighted by molar-refractivity contribution is -0.147. The van der Waals surface area contributed by atoms with Crippen LogP contribution >= 0.6 is 0 Å². The van der Waals surface area contributed by atoms with E-state index in [2.05, 4.69) is 24.3 Å². The maximum absolute atomic E-state index is 11.7. The molecule has 3 nitrogen and oxygen atoms in total. The van der Waals surface area contributed by atoms with E-state index < -0.39 is 0 Å². The Labute approximate surface area is 108 Å². The summed E-state index contributed by atoms with van der Waals surface area (Å²) >= 11 is 0. The Morgan fingerprint density at radius 2 is 2.28 bits per heavy atom. The molecule has 2 N–H and O–H groups in total. The van der Waals surface area contributed by atoms with E-state index in [0.29, 0.717) is 19.6 Å². The Morgan fingerprint density at radius 3 is 2.89 bits per heavy atom. The van der Waals surface area contributed by atoms with Crippen LogP contribution in [0.5, 0.6) is 0 Å². The van der Waals surface area contributed by atoms with Crippen molar-refractivity contribution < 1.29 is 9.53 Å². The summed E-state index contributed by atoms with van der Waals surface area (Å²) in [7, 11) is 0. The molecule has 0 spiro atoms. The highest BCUT2D eigenvalue weighted by molar-refractivity contribution is 5.73. The van der Waals surface area contributed by atoms with Crippen LogP contribution in [0.2, 0.25) is 0 Å². The highest BCUT2D eigenvalue weighted by Crippen LogP contribution is 2.40. The molecule has 0 bridgehead atoms. The Hall–Kier alpha value is -1.35. The molecule has 1 aromatic rings. The lowest BCUT2D eigenvalue weighted by atomic mass is 9.97. The molecule has 0 aromatic heterocycles. The number of ether oxygens (including phenoxy) is 1. The van der Waals surface area contributed by atoms with Crippen molar-refractivity contribution >= 4 is 5.97 Å². The maximum Gasteiger partial charge on any atom is 0.310 e. The normalized spacial score (nSPS) is 16.3. The van der Waals surface area contributed by atoms with Gasteiger partial charge in [0, 0.05) is 6.54 Å². The maximum atomic E-state index is 11.7. The average molecular weight is 247 g/mol. The minimum Gasteiger partial charge on any atom is -0.466 e. The van der Waals surface area contributed by atoms with Crippen molar-refractivity contribution in [2.75, 3.05) is 13.2 Å². The van der Waals surface area contributed by atoms with E-state index in [1.54, 1.807) is 0 Å². The summed E-state index contributed by atoms with van der Waals surface area (Å²) < 4.78 is 5.04. The second-order valence-corrected chi connectivity index (χ2v) is 4.91. The molecule has 98 valence electrons. The summed E-state index contributed by atoms with van der Waals surface area (Å²) in [5.41, 5.74) is 8.24. The van der Waals surface area contributed by atoms with Crippen molar-refractivity contribution in [2.45, 2.75) is 32.1 Å². The Morgan fingerprint density at radius 1 is 1.50 bits per heavy atom. The van der Waals surface area contributed by atoms with E-state index in [0.717, 1.165) is 5.92 Å². The number of hydrogen-bond donors (Lipinski definition) is 1. The Bertz CT molecular complexity index is 413. The molecule has 0 aliphatic heterocycles. The lowest BCUT2D eigenvalue weighted by Gasteiger charge is -2.14. The molecule has 1 fully saturated rings. The number of carbonyl (C=O) groups excluding carboxylic acids is 1. The highest BCUT2D eigenvalue weighted by Gasteiger charge is 2.24. The monoisotopic (exact) mass is 247 g/mol. The highest BCUT2D eigenvalue weighted by atomic mass is 16.5. The summed E-state index contributed by atoms with van der Waals surface area (Å²) in [6.45, 7) is 2.57. The van der Waals surface area contributed by atoms with E-state index >= 15 is 0 Å². The van der Waals surface area contributed by atoms with Crippen molar-refractivity contribution in [2.24, 2.45) is 11.7 Å². The molecule has 0 radical (unpaired) electrons. The second kappa shape index (κ2) is 6.01. The van der Waals surface area contributed by atoms with Crippen LogP contribution < -0.4 is 5.73 Å². The van der Waals surface area contributed by atoms with Gasteiger partial charge in [-0.15, -0.1) is 0 Å². The first-order chi connectivity index (χ1) is 8.74. The van der Waals surface area contributed by atoms with Gasteiger partial charge in [-0.05, 0) is 43.2 Å². The van der Waals surface area contributed by atoms with Gasteiger partial charge in [0.15, 0.2) is 0 Å². The number of carbonyl (C=O) groups is 1. The van der Waals surface area contributed by atoms with Crippen molar-refractivity contribution in [1.82, 2.24) is 0 Å². The van der Waals surface area contributed by atoms with E-state index in [-0.39, 0.29) is 11.9 Å². The fraction of sp³-hybridized carbons (Fsp3) is 0.533. The van der Waals surface area contributed by atoms with Gasteiger partial charge in [-0.2, -0.15) is 0 Å². The first-order valence-corrected chi connectivity index (χ1v) is 6.70. The molecule has 0 amide bonds. The van der Waals surface area contributed by atoms with Gasteiger partial charge in [0.05, 0.1) is 12.5 Å². The summed E-state index contributed by atoms with van der Waals surface area (Å²) in [6, 6.07) is 8.51. The van der Waals surface area contributed by atoms with Crippen LogP contribution in [0.25, 0.3) is 0 Å². The zero-order valence-electron chi connectivity index (χ0n) is 10.9. The molecule has 1 aliphatic rings. The predicted octanol–water partition coefficient (Wildman–Crippen LogP) is 2.24. The predicted molar refractivity (Wildman–Crippen MR) is 71.3 cm³/mol. The van der Waals surface area contributed by atoms with Crippen molar-refractivity contribution in [3.8, 4) is 0 Å². The van der Waals surface area contributed by atoms with E-state index in [9.17, 15) is 4.79 Å². The number of hydrogen-bond acceptors (Lipinski definition) is 3. The number of benzene rings is 1. The molecule has 3 heteroatoms. The molecule has 0 saturated heterocycles. The van der Waals surface area contributed by atoms with Gasteiger partial charge < -0.3 is 10.5 Å². The van der Waals surface area contributed by atoms with Crippen LogP contribution in [0.3, 0.4) is 0 Å². The number of nitrogens with two attached hydrogens (primary N) is 1. The molecule has 1 atom stereocenters. The van der Waals surface area contributed by atoms with Crippen LogP contribution in [0.15, 0.2) is 24.3 Å². The fourth-order valence-electron chi connectivity index (χ4n) is 2.20.